The van der Waals surface area contributed by atoms with Gasteiger partial charge in [0.05, 0.1) is 23.1 Å². The highest BCUT2D eigenvalue weighted by atomic mass is 19.3. The maximum Gasteiger partial charge on any atom is 0.387 e. The fourth-order valence-electron chi connectivity index (χ4n) is 5.38. The summed E-state index contributed by atoms with van der Waals surface area (Å²) in [6.45, 7) is 4.61. The molecule has 2 aliphatic rings. The molecule has 39 heavy (non-hydrogen) atoms. The maximum absolute atomic E-state index is 15.2. The van der Waals surface area contributed by atoms with Crippen LogP contribution in [0.4, 0.5) is 18.9 Å². The Morgan fingerprint density at radius 1 is 1.33 bits per heavy atom. The number of hydrogen-bond donors (Lipinski definition) is 2. The lowest BCUT2D eigenvalue weighted by Gasteiger charge is -2.36. The number of aliphatic carboxylic acids is 1. The summed E-state index contributed by atoms with van der Waals surface area (Å²) in [6.07, 6.45) is 1.76. The Balaban J connectivity index is 1.68. The standard InChI is InChI=1S/C27H26F3N5O4/c1-13(11-32-25(31-4)27(2,3)38)14-8-18-16(9-15(14)28)33-24-20-10-19(35(18)24)23-17(34(20)12-22(36)37)6-5-7-21(23)39-26(29)30/h5-9,11,19-20,26,38H,4,10,12H2,1-3H3,(H,36,37)/b13-11+,32-25-/t19-,20-/m1/s1. The first kappa shape index (κ1) is 26.4. The Morgan fingerprint density at radius 2 is 2.08 bits per heavy atom. The Hall–Kier alpha value is -4.19. The molecule has 2 aromatic carbocycles. The molecule has 3 aromatic rings. The molecule has 0 radical (unpaired) electrons. The lowest BCUT2D eigenvalue weighted by Crippen LogP contribution is -2.36. The van der Waals surface area contributed by atoms with Gasteiger partial charge in [-0.3, -0.25) is 4.79 Å². The number of amidine groups is 1. The fraction of sp³-hybridized carbons (Fsp3) is 0.333. The second-order valence-electron chi connectivity index (χ2n) is 10.00. The molecule has 2 atom stereocenters. The molecule has 0 unspecified atom stereocenters. The summed E-state index contributed by atoms with van der Waals surface area (Å²) < 4.78 is 48.5. The van der Waals surface area contributed by atoms with E-state index >= 15 is 4.39 Å². The molecule has 2 bridgehead atoms. The first-order valence-electron chi connectivity index (χ1n) is 12.1. The minimum atomic E-state index is -3.07. The number of ether oxygens (including phenoxy) is 1. The summed E-state index contributed by atoms with van der Waals surface area (Å²) in [7, 11) is 0. The summed E-state index contributed by atoms with van der Waals surface area (Å²) in [4.78, 5) is 25.9. The van der Waals surface area contributed by atoms with Crippen LogP contribution in [0.3, 0.4) is 0 Å². The number of hydrogen-bond acceptors (Lipinski definition) is 6. The van der Waals surface area contributed by atoms with E-state index in [1.165, 1.54) is 32.2 Å². The topological polar surface area (TPSA) is 113 Å². The average molecular weight is 542 g/mol. The molecule has 0 spiro atoms. The number of aliphatic imine (C=N–C) groups is 2. The first-order valence-corrected chi connectivity index (χ1v) is 12.1. The van der Waals surface area contributed by atoms with Crippen molar-refractivity contribution in [3.8, 4) is 5.75 Å². The monoisotopic (exact) mass is 541 g/mol. The van der Waals surface area contributed by atoms with Gasteiger partial charge in [0.15, 0.2) is 5.84 Å². The summed E-state index contributed by atoms with van der Waals surface area (Å²) in [5, 5.41) is 19.8. The minimum absolute atomic E-state index is 0.0557. The van der Waals surface area contributed by atoms with E-state index in [0.717, 1.165) is 0 Å². The van der Waals surface area contributed by atoms with Crippen LogP contribution in [-0.2, 0) is 4.79 Å². The number of rotatable bonds is 7. The van der Waals surface area contributed by atoms with Crippen molar-refractivity contribution in [3.63, 3.8) is 0 Å². The number of anilines is 1. The van der Waals surface area contributed by atoms with Crippen LogP contribution in [0.1, 0.15) is 56.2 Å². The highest BCUT2D eigenvalue weighted by Gasteiger charge is 2.46. The Labute approximate surface area is 221 Å². The number of aliphatic hydroxyl groups is 1. The molecule has 204 valence electrons. The van der Waals surface area contributed by atoms with Gasteiger partial charge in [-0.2, -0.15) is 8.78 Å². The number of halogens is 3. The lowest BCUT2D eigenvalue weighted by atomic mass is 9.93. The predicted molar refractivity (Wildman–Crippen MR) is 140 cm³/mol. The number of carbonyl (C=O) groups is 1. The van der Waals surface area contributed by atoms with Gasteiger partial charge in [-0.05, 0) is 51.3 Å². The van der Waals surface area contributed by atoms with Gasteiger partial charge in [-0.1, -0.05) is 6.07 Å². The van der Waals surface area contributed by atoms with Gasteiger partial charge in [-0.15, -0.1) is 0 Å². The molecule has 0 fully saturated rings. The Morgan fingerprint density at radius 3 is 2.72 bits per heavy atom. The number of imidazole rings is 1. The number of benzene rings is 2. The van der Waals surface area contributed by atoms with Crippen LogP contribution in [-0.4, -0.2) is 57.0 Å². The third kappa shape index (κ3) is 4.54. The number of allylic oxidation sites excluding steroid dienone is 1. The van der Waals surface area contributed by atoms with E-state index in [1.807, 2.05) is 4.57 Å². The van der Waals surface area contributed by atoms with Crippen molar-refractivity contribution in [2.45, 2.75) is 51.5 Å². The van der Waals surface area contributed by atoms with E-state index < -0.39 is 36.1 Å². The number of aromatic nitrogens is 2. The highest BCUT2D eigenvalue weighted by molar-refractivity contribution is 5.94. The van der Waals surface area contributed by atoms with Gasteiger partial charge in [-0.25, -0.2) is 19.4 Å². The smallest absolute Gasteiger partial charge is 0.387 e. The lowest BCUT2D eigenvalue weighted by molar-refractivity contribution is -0.135. The molecular formula is C27H26F3N5O4. The minimum Gasteiger partial charge on any atom is -0.480 e. The number of carboxylic acids is 1. The molecule has 1 aromatic heterocycles. The number of fused-ring (bicyclic) bond motifs is 9. The molecule has 0 saturated heterocycles. The molecule has 2 N–H and O–H groups in total. The second kappa shape index (κ2) is 9.53. The Kier molecular flexibility index (Phi) is 6.45. The zero-order valence-corrected chi connectivity index (χ0v) is 21.4. The molecule has 5 rings (SSSR count). The molecule has 12 heteroatoms. The van der Waals surface area contributed by atoms with Crippen molar-refractivity contribution in [3.05, 3.63) is 59.3 Å². The quantitative estimate of drug-likeness (QED) is 0.324. The van der Waals surface area contributed by atoms with Crippen LogP contribution in [0.15, 0.2) is 46.5 Å². The van der Waals surface area contributed by atoms with Crippen molar-refractivity contribution in [2.24, 2.45) is 9.98 Å². The molecule has 9 nitrogen and oxygen atoms in total. The largest absolute Gasteiger partial charge is 0.480 e. The van der Waals surface area contributed by atoms with E-state index in [2.05, 4.69) is 21.7 Å². The molecule has 0 amide bonds. The van der Waals surface area contributed by atoms with Crippen molar-refractivity contribution in [1.29, 1.82) is 0 Å². The van der Waals surface area contributed by atoms with Crippen molar-refractivity contribution in [2.75, 3.05) is 11.4 Å². The van der Waals surface area contributed by atoms with E-state index in [9.17, 15) is 23.8 Å². The average Bonchev–Trinajstić information content (AvgIpc) is 3.35. The van der Waals surface area contributed by atoms with Crippen LogP contribution in [0.25, 0.3) is 16.6 Å². The SMILES string of the molecule is C=N/C(=N\C=C(/C)c1cc2c(cc1F)nc1n2[C@@H]2C[C@H]1N(CC(=O)O)c1cccc(OC(F)F)c12)C(C)(C)O. The summed E-state index contributed by atoms with van der Waals surface area (Å²) in [5.41, 5.74) is 1.08. The van der Waals surface area contributed by atoms with Crippen molar-refractivity contribution < 1.29 is 32.9 Å². The predicted octanol–water partition coefficient (Wildman–Crippen LogP) is 4.95. The van der Waals surface area contributed by atoms with Gasteiger partial charge < -0.3 is 24.4 Å². The van der Waals surface area contributed by atoms with Gasteiger partial charge >= 0.3 is 12.6 Å². The molecule has 0 aliphatic carbocycles. The van der Waals surface area contributed by atoms with Gasteiger partial charge in [0.2, 0.25) is 0 Å². The zero-order chi connectivity index (χ0) is 28.2. The number of carboxylic acid groups (broad SMARTS) is 1. The van der Waals surface area contributed by atoms with Crippen LogP contribution >= 0.6 is 0 Å². The highest BCUT2D eigenvalue weighted by Crippen LogP contribution is 2.55. The molecule has 2 aliphatic heterocycles. The van der Waals surface area contributed by atoms with Crippen LogP contribution < -0.4 is 9.64 Å². The normalized spacial score (nSPS) is 18.9. The van der Waals surface area contributed by atoms with Gasteiger partial charge in [0, 0.05) is 35.5 Å². The first-order chi connectivity index (χ1) is 18.4. The van der Waals surface area contributed by atoms with E-state index in [1.54, 1.807) is 30.0 Å². The fourth-order valence-corrected chi connectivity index (χ4v) is 5.38. The molecular weight excluding hydrogens is 515 g/mol. The third-order valence-corrected chi connectivity index (χ3v) is 6.95. The molecule has 3 heterocycles. The van der Waals surface area contributed by atoms with Crippen molar-refractivity contribution >= 4 is 40.8 Å². The van der Waals surface area contributed by atoms with E-state index in [4.69, 9.17) is 4.74 Å². The summed E-state index contributed by atoms with van der Waals surface area (Å²) >= 11 is 0. The summed E-state index contributed by atoms with van der Waals surface area (Å²) in [5.74, 6) is -1.15. The number of alkyl halides is 2. The van der Waals surface area contributed by atoms with E-state index in [-0.39, 0.29) is 23.7 Å². The number of nitrogens with zero attached hydrogens (tertiary/aromatic N) is 5. The van der Waals surface area contributed by atoms with Crippen LogP contribution in [0, 0.1) is 5.82 Å². The summed E-state index contributed by atoms with van der Waals surface area (Å²) in [6, 6.07) is 6.57. The molecule has 0 saturated carbocycles. The Bertz CT molecular complexity index is 1560. The maximum atomic E-state index is 15.2. The zero-order valence-electron chi connectivity index (χ0n) is 21.4. The second-order valence-corrected chi connectivity index (χ2v) is 10.00. The third-order valence-electron chi connectivity index (χ3n) is 6.95. The van der Waals surface area contributed by atoms with Gasteiger partial charge in [0.1, 0.15) is 29.5 Å². The van der Waals surface area contributed by atoms with Crippen LogP contribution in [0.5, 0.6) is 5.75 Å². The van der Waals surface area contributed by atoms with Crippen molar-refractivity contribution in [1.82, 2.24) is 9.55 Å². The van der Waals surface area contributed by atoms with Gasteiger partial charge in [0.25, 0.3) is 0 Å². The van der Waals surface area contributed by atoms with E-state index in [0.29, 0.717) is 40.1 Å². The van der Waals surface area contributed by atoms with Crippen LogP contribution in [0.2, 0.25) is 0 Å².